The highest BCUT2D eigenvalue weighted by Crippen LogP contribution is 2.22. The summed E-state index contributed by atoms with van der Waals surface area (Å²) in [6.07, 6.45) is 0. The molecule has 0 fully saturated rings. The summed E-state index contributed by atoms with van der Waals surface area (Å²) in [6.45, 7) is 3.84. The number of rotatable bonds is 2. The van der Waals surface area contributed by atoms with E-state index in [1.165, 1.54) is 0 Å². The minimum atomic E-state index is -0.0612. The molecule has 0 unspecified atom stereocenters. The van der Waals surface area contributed by atoms with Crippen molar-refractivity contribution in [3.05, 3.63) is 39.8 Å². The maximum absolute atomic E-state index is 9.04. The third-order valence-electron chi connectivity index (χ3n) is 2.37. The monoisotopic (exact) mass is 281 g/mol. The van der Waals surface area contributed by atoms with Crippen LogP contribution >= 0.6 is 15.9 Å². The third-order valence-corrected chi connectivity index (χ3v) is 3.52. The molecule has 0 saturated carbocycles. The van der Waals surface area contributed by atoms with E-state index in [1.54, 1.807) is 10.7 Å². The normalized spacial score (nSPS) is 10.8. The zero-order chi connectivity index (χ0) is 11.7. The molecule has 0 aliphatic carbocycles. The van der Waals surface area contributed by atoms with Gasteiger partial charge in [0.05, 0.1) is 28.2 Å². The summed E-state index contributed by atoms with van der Waals surface area (Å²) >= 11 is 3.47. The second kappa shape index (κ2) is 4.35. The Kier molecular flexibility index (Phi) is 3.07. The Hall–Kier alpha value is -1.20. The molecular weight excluding hydrogens is 270 g/mol. The first kappa shape index (κ1) is 11.3. The lowest BCUT2D eigenvalue weighted by Gasteiger charge is -2.04. The lowest BCUT2D eigenvalue weighted by atomic mass is 10.3. The van der Waals surface area contributed by atoms with E-state index in [0.29, 0.717) is 5.69 Å². The summed E-state index contributed by atoms with van der Waals surface area (Å²) in [5.41, 5.74) is 2.56. The Balaban J connectivity index is 2.54. The van der Waals surface area contributed by atoms with Crippen molar-refractivity contribution < 1.29 is 5.11 Å². The van der Waals surface area contributed by atoms with E-state index in [1.807, 2.05) is 26.0 Å². The van der Waals surface area contributed by atoms with Crippen molar-refractivity contribution >= 4 is 15.9 Å². The predicted octanol–water partition coefficient (Wildman–Crippen LogP) is 2.14. The van der Waals surface area contributed by atoms with Crippen molar-refractivity contribution in [1.82, 2.24) is 14.8 Å². The minimum Gasteiger partial charge on any atom is -0.390 e. The van der Waals surface area contributed by atoms with Crippen LogP contribution in [0.25, 0.3) is 5.82 Å². The second-order valence-corrected chi connectivity index (χ2v) is 4.33. The molecule has 0 aliphatic rings. The van der Waals surface area contributed by atoms with Crippen LogP contribution in [0.15, 0.2) is 22.7 Å². The van der Waals surface area contributed by atoms with Crippen molar-refractivity contribution in [2.24, 2.45) is 0 Å². The standard InChI is InChI=1S/C11H12BrN3O/c1-7-11(12)8(2)15(14-7)10-5-3-4-9(6-16)13-10/h3-5,16H,6H2,1-2H3. The number of halogens is 1. The molecule has 2 rings (SSSR count). The molecule has 2 heterocycles. The molecule has 0 spiro atoms. The molecule has 0 aliphatic heterocycles. The van der Waals surface area contributed by atoms with Gasteiger partial charge in [-0.25, -0.2) is 9.67 Å². The average molecular weight is 282 g/mol. The van der Waals surface area contributed by atoms with Crippen molar-refractivity contribution in [3.63, 3.8) is 0 Å². The van der Waals surface area contributed by atoms with E-state index in [4.69, 9.17) is 5.11 Å². The molecule has 5 heteroatoms. The molecule has 0 saturated heterocycles. The van der Waals surface area contributed by atoms with Crippen LogP contribution in [-0.4, -0.2) is 19.9 Å². The minimum absolute atomic E-state index is 0.0612. The number of pyridine rings is 1. The van der Waals surface area contributed by atoms with Crippen molar-refractivity contribution in [1.29, 1.82) is 0 Å². The Bertz CT molecular complexity index is 522. The molecule has 0 atom stereocenters. The molecule has 2 aromatic rings. The fraction of sp³-hybridized carbons (Fsp3) is 0.273. The first-order valence-corrected chi connectivity index (χ1v) is 5.71. The van der Waals surface area contributed by atoms with Gasteiger partial charge in [0.1, 0.15) is 0 Å². The Morgan fingerprint density at radius 1 is 1.38 bits per heavy atom. The van der Waals surface area contributed by atoms with Gasteiger partial charge in [0.15, 0.2) is 5.82 Å². The van der Waals surface area contributed by atoms with Crippen LogP contribution in [0.3, 0.4) is 0 Å². The number of aliphatic hydroxyl groups is 1. The van der Waals surface area contributed by atoms with Gasteiger partial charge in [0.25, 0.3) is 0 Å². The Morgan fingerprint density at radius 3 is 2.69 bits per heavy atom. The first-order valence-electron chi connectivity index (χ1n) is 4.92. The van der Waals surface area contributed by atoms with Gasteiger partial charge in [0, 0.05) is 0 Å². The zero-order valence-electron chi connectivity index (χ0n) is 9.11. The van der Waals surface area contributed by atoms with E-state index < -0.39 is 0 Å². The fourth-order valence-electron chi connectivity index (χ4n) is 1.52. The number of hydrogen-bond acceptors (Lipinski definition) is 3. The average Bonchev–Trinajstić information content (AvgIpc) is 2.57. The van der Waals surface area contributed by atoms with Crippen molar-refractivity contribution in [3.8, 4) is 5.82 Å². The SMILES string of the molecule is Cc1nn(-c2cccc(CO)n2)c(C)c1Br. The van der Waals surface area contributed by atoms with Gasteiger partial charge in [-0.15, -0.1) is 0 Å². The smallest absolute Gasteiger partial charge is 0.154 e. The molecular formula is C11H12BrN3O. The van der Waals surface area contributed by atoms with Gasteiger partial charge in [0.2, 0.25) is 0 Å². The van der Waals surface area contributed by atoms with E-state index >= 15 is 0 Å². The molecule has 0 radical (unpaired) electrons. The molecule has 1 N–H and O–H groups in total. The number of aliphatic hydroxyl groups excluding tert-OH is 1. The van der Waals surface area contributed by atoms with Crippen LogP contribution in [0.4, 0.5) is 0 Å². The lowest BCUT2D eigenvalue weighted by Crippen LogP contribution is -2.03. The molecule has 2 aromatic heterocycles. The largest absolute Gasteiger partial charge is 0.390 e. The van der Waals surface area contributed by atoms with E-state index in [0.717, 1.165) is 21.7 Å². The van der Waals surface area contributed by atoms with Crippen molar-refractivity contribution in [2.75, 3.05) is 0 Å². The molecule has 16 heavy (non-hydrogen) atoms. The zero-order valence-corrected chi connectivity index (χ0v) is 10.7. The highest BCUT2D eigenvalue weighted by atomic mass is 79.9. The van der Waals surface area contributed by atoms with E-state index in [-0.39, 0.29) is 6.61 Å². The van der Waals surface area contributed by atoms with Crippen LogP contribution in [0.2, 0.25) is 0 Å². The Labute approximate surface area is 102 Å². The summed E-state index contributed by atoms with van der Waals surface area (Å²) in [7, 11) is 0. The molecule has 0 aromatic carbocycles. The van der Waals surface area contributed by atoms with Crippen LogP contribution in [0.1, 0.15) is 17.1 Å². The van der Waals surface area contributed by atoms with Crippen LogP contribution in [0, 0.1) is 13.8 Å². The topological polar surface area (TPSA) is 50.9 Å². The quantitative estimate of drug-likeness (QED) is 0.918. The van der Waals surface area contributed by atoms with Gasteiger partial charge in [-0.1, -0.05) is 6.07 Å². The molecule has 0 bridgehead atoms. The van der Waals surface area contributed by atoms with Crippen LogP contribution < -0.4 is 0 Å². The number of nitrogens with zero attached hydrogens (tertiary/aromatic N) is 3. The molecule has 84 valence electrons. The predicted molar refractivity (Wildman–Crippen MR) is 64.5 cm³/mol. The summed E-state index contributed by atoms with van der Waals surface area (Å²) in [5.74, 6) is 0.720. The Morgan fingerprint density at radius 2 is 2.12 bits per heavy atom. The van der Waals surface area contributed by atoms with Gasteiger partial charge >= 0.3 is 0 Å². The first-order chi connectivity index (χ1) is 7.63. The maximum atomic E-state index is 9.04. The summed E-state index contributed by atoms with van der Waals surface area (Å²) in [4.78, 5) is 4.31. The second-order valence-electron chi connectivity index (χ2n) is 3.54. The lowest BCUT2D eigenvalue weighted by molar-refractivity contribution is 0.276. The summed E-state index contributed by atoms with van der Waals surface area (Å²) < 4.78 is 2.75. The van der Waals surface area contributed by atoms with Gasteiger partial charge in [-0.2, -0.15) is 5.10 Å². The maximum Gasteiger partial charge on any atom is 0.154 e. The van der Waals surface area contributed by atoms with Gasteiger partial charge < -0.3 is 5.11 Å². The van der Waals surface area contributed by atoms with Crippen LogP contribution in [-0.2, 0) is 6.61 Å². The van der Waals surface area contributed by atoms with Gasteiger partial charge in [-0.3, -0.25) is 0 Å². The van der Waals surface area contributed by atoms with E-state index in [9.17, 15) is 0 Å². The fourth-order valence-corrected chi connectivity index (χ4v) is 1.77. The summed E-state index contributed by atoms with van der Waals surface area (Å²) in [6, 6.07) is 5.51. The third kappa shape index (κ3) is 1.88. The number of aryl methyl sites for hydroxylation is 1. The van der Waals surface area contributed by atoms with Crippen LogP contribution in [0.5, 0.6) is 0 Å². The van der Waals surface area contributed by atoms with Gasteiger partial charge in [-0.05, 0) is 41.9 Å². The molecule has 4 nitrogen and oxygen atoms in total. The highest BCUT2D eigenvalue weighted by molar-refractivity contribution is 9.10. The molecule has 0 amide bonds. The van der Waals surface area contributed by atoms with E-state index in [2.05, 4.69) is 26.0 Å². The van der Waals surface area contributed by atoms with Crippen molar-refractivity contribution in [2.45, 2.75) is 20.5 Å². The summed E-state index contributed by atoms with van der Waals surface area (Å²) in [5, 5.41) is 13.4. The highest BCUT2D eigenvalue weighted by Gasteiger charge is 2.11. The number of hydrogen-bond donors (Lipinski definition) is 1. The number of aromatic nitrogens is 3.